The van der Waals surface area contributed by atoms with Crippen molar-refractivity contribution in [2.24, 2.45) is 0 Å². The molecule has 3 rings (SSSR count). The van der Waals surface area contributed by atoms with E-state index in [2.05, 4.69) is 26.0 Å². The standard InChI is InChI=1S/C14H17BrN4OS/c15-12-4-2-1-3-11(12)13-16-14(21)19(17-13)9-18-7-5-10(20)6-8-18/h1-4,10,20H,5-9H2,(H,16,17,21)/p+1. The van der Waals surface area contributed by atoms with Crippen molar-refractivity contribution >= 4 is 28.1 Å². The Labute approximate surface area is 136 Å². The molecule has 5 nitrogen and oxygen atoms in total. The van der Waals surface area contributed by atoms with Crippen molar-refractivity contribution in [3.05, 3.63) is 33.5 Å². The van der Waals surface area contributed by atoms with Crippen LogP contribution in [0.5, 0.6) is 0 Å². The van der Waals surface area contributed by atoms with Crippen molar-refractivity contribution in [2.45, 2.75) is 25.6 Å². The molecule has 2 heterocycles. The molecule has 3 N–H and O–H groups in total. The Kier molecular flexibility index (Phi) is 4.54. The first-order valence-electron chi connectivity index (χ1n) is 7.07. The number of benzene rings is 1. The summed E-state index contributed by atoms with van der Waals surface area (Å²) in [7, 11) is 0. The molecule has 0 saturated carbocycles. The molecule has 1 aromatic heterocycles. The Morgan fingerprint density at radius 2 is 2.10 bits per heavy atom. The number of aliphatic hydroxyl groups excluding tert-OH is 1. The third-order valence-electron chi connectivity index (χ3n) is 3.85. The summed E-state index contributed by atoms with van der Waals surface area (Å²) in [5.74, 6) is 0.781. The van der Waals surface area contributed by atoms with E-state index in [9.17, 15) is 5.11 Å². The Bertz CT molecular complexity index is 676. The van der Waals surface area contributed by atoms with Crippen LogP contribution in [0.25, 0.3) is 11.4 Å². The van der Waals surface area contributed by atoms with Gasteiger partial charge in [0, 0.05) is 22.9 Å². The molecule has 21 heavy (non-hydrogen) atoms. The molecule has 0 radical (unpaired) electrons. The fourth-order valence-electron chi connectivity index (χ4n) is 2.63. The van der Waals surface area contributed by atoms with Crippen LogP contribution in [0.2, 0.25) is 0 Å². The van der Waals surface area contributed by atoms with E-state index in [0.717, 1.165) is 48.5 Å². The zero-order chi connectivity index (χ0) is 14.8. The van der Waals surface area contributed by atoms with Gasteiger partial charge in [-0.2, -0.15) is 4.98 Å². The van der Waals surface area contributed by atoms with Crippen LogP contribution in [-0.4, -0.2) is 39.1 Å². The summed E-state index contributed by atoms with van der Waals surface area (Å²) in [6, 6.07) is 7.95. The van der Waals surface area contributed by atoms with E-state index >= 15 is 0 Å². The van der Waals surface area contributed by atoms with E-state index in [1.165, 1.54) is 4.90 Å². The number of hydrogen-bond acceptors (Lipinski definition) is 3. The highest BCUT2D eigenvalue weighted by Gasteiger charge is 2.21. The van der Waals surface area contributed by atoms with Crippen LogP contribution >= 0.6 is 28.1 Å². The maximum Gasteiger partial charge on any atom is 0.221 e. The normalized spacial score (nSPS) is 22.4. The summed E-state index contributed by atoms with van der Waals surface area (Å²) >= 11 is 8.89. The lowest BCUT2D eigenvalue weighted by atomic mass is 10.1. The molecule has 1 aromatic carbocycles. The second-order valence-corrected chi connectivity index (χ2v) is 6.62. The lowest BCUT2D eigenvalue weighted by Crippen LogP contribution is -3.12. The predicted molar refractivity (Wildman–Crippen MR) is 86.5 cm³/mol. The van der Waals surface area contributed by atoms with Gasteiger partial charge in [-0.3, -0.25) is 5.10 Å². The molecule has 0 unspecified atom stereocenters. The van der Waals surface area contributed by atoms with Crippen molar-refractivity contribution in [2.75, 3.05) is 13.1 Å². The van der Waals surface area contributed by atoms with Crippen molar-refractivity contribution in [1.29, 1.82) is 0 Å². The van der Waals surface area contributed by atoms with Crippen LogP contribution in [0.4, 0.5) is 0 Å². The zero-order valence-corrected chi connectivity index (χ0v) is 14.0. The van der Waals surface area contributed by atoms with Crippen molar-refractivity contribution in [3.63, 3.8) is 0 Å². The van der Waals surface area contributed by atoms with Gasteiger partial charge in [0.05, 0.1) is 19.2 Å². The number of H-pyrrole nitrogens is 1. The van der Waals surface area contributed by atoms with E-state index in [1.807, 2.05) is 28.9 Å². The summed E-state index contributed by atoms with van der Waals surface area (Å²) in [4.78, 5) is 5.87. The lowest BCUT2D eigenvalue weighted by Gasteiger charge is -2.26. The Balaban J connectivity index is 1.79. The van der Waals surface area contributed by atoms with Crippen LogP contribution in [0.3, 0.4) is 0 Å². The van der Waals surface area contributed by atoms with E-state index in [1.54, 1.807) is 0 Å². The molecule has 1 saturated heterocycles. The first-order valence-corrected chi connectivity index (χ1v) is 8.27. The number of nitrogens with one attached hydrogen (secondary N) is 2. The molecule has 0 amide bonds. The van der Waals surface area contributed by atoms with E-state index < -0.39 is 0 Å². The van der Waals surface area contributed by atoms with Gasteiger partial charge in [-0.1, -0.05) is 34.1 Å². The number of aliphatic hydroxyl groups is 1. The Hall–Kier alpha value is -1.02. The number of quaternary nitrogens is 1. The predicted octanol–water partition coefficient (Wildman–Crippen LogP) is 1.37. The van der Waals surface area contributed by atoms with Crippen LogP contribution in [-0.2, 0) is 6.67 Å². The lowest BCUT2D eigenvalue weighted by molar-refractivity contribution is -0.929. The van der Waals surface area contributed by atoms with Crippen LogP contribution in [0, 0.1) is 4.77 Å². The minimum absolute atomic E-state index is 0.140. The SMILES string of the molecule is OC1CC[NH+](Cn2[nH]c(-c3ccccc3Br)nc2=S)CC1. The summed E-state index contributed by atoms with van der Waals surface area (Å²) in [6.07, 6.45) is 1.57. The third kappa shape index (κ3) is 3.42. The number of aromatic nitrogens is 3. The van der Waals surface area contributed by atoms with Crippen LogP contribution in [0.15, 0.2) is 28.7 Å². The largest absolute Gasteiger partial charge is 0.393 e. The number of nitrogens with zero attached hydrogens (tertiary/aromatic N) is 2. The summed E-state index contributed by atoms with van der Waals surface area (Å²) in [6.45, 7) is 2.70. The monoisotopic (exact) mass is 369 g/mol. The van der Waals surface area contributed by atoms with E-state index in [4.69, 9.17) is 12.2 Å². The van der Waals surface area contributed by atoms with E-state index in [0.29, 0.717) is 4.77 Å². The highest BCUT2D eigenvalue weighted by atomic mass is 79.9. The van der Waals surface area contributed by atoms with Gasteiger partial charge < -0.3 is 10.0 Å². The van der Waals surface area contributed by atoms with Gasteiger partial charge in [-0.25, -0.2) is 4.68 Å². The average molecular weight is 370 g/mol. The molecular weight excluding hydrogens is 352 g/mol. The Morgan fingerprint density at radius 1 is 1.38 bits per heavy atom. The number of rotatable bonds is 3. The maximum atomic E-state index is 9.56. The summed E-state index contributed by atoms with van der Waals surface area (Å²) in [5.41, 5.74) is 1.01. The number of halogens is 1. The third-order valence-corrected chi connectivity index (χ3v) is 4.86. The van der Waals surface area contributed by atoms with Gasteiger partial charge >= 0.3 is 0 Å². The van der Waals surface area contributed by atoms with Gasteiger partial charge in [-0.15, -0.1) is 0 Å². The summed E-state index contributed by atoms with van der Waals surface area (Å²) in [5, 5.41) is 12.9. The number of aromatic amines is 1. The molecule has 0 bridgehead atoms. The molecule has 112 valence electrons. The molecule has 7 heteroatoms. The topological polar surface area (TPSA) is 58.3 Å². The maximum absolute atomic E-state index is 9.56. The first-order chi connectivity index (χ1) is 10.1. The molecule has 1 aliphatic rings. The fraction of sp³-hybridized carbons (Fsp3) is 0.429. The molecule has 0 aliphatic carbocycles. The van der Waals surface area contributed by atoms with Crippen LogP contribution in [0.1, 0.15) is 12.8 Å². The zero-order valence-electron chi connectivity index (χ0n) is 11.6. The van der Waals surface area contributed by atoms with Crippen LogP contribution < -0.4 is 4.90 Å². The van der Waals surface area contributed by atoms with Crippen molar-refractivity contribution in [1.82, 2.24) is 14.8 Å². The van der Waals surface area contributed by atoms with Crippen molar-refractivity contribution in [3.8, 4) is 11.4 Å². The molecule has 2 aromatic rings. The second-order valence-electron chi connectivity index (χ2n) is 5.40. The molecule has 0 atom stereocenters. The Morgan fingerprint density at radius 3 is 2.81 bits per heavy atom. The number of piperidine rings is 1. The summed E-state index contributed by atoms with van der Waals surface area (Å²) < 4.78 is 3.48. The highest BCUT2D eigenvalue weighted by molar-refractivity contribution is 9.10. The molecule has 1 aliphatic heterocycles. The van der Waals surface area contributed by atoms with Gasteiger partial charge in [0.25, 0.3) is 0 Å². The molecular formula is C14H18BrN4OS+. The minimum Gasteiger partial charge on any atom is -0.393 e. The first kappa shape index (κ1) is 14.9. The fourth-order valence-corrected chi connectivity index (χ4v) is 3.30. The van der Waals surface area contributed by atoms with Gasteiger partial charge in [0.15, 0.2) is 12.5 Å². The number of likely N-dealkylation sites (tertiary alicyclic amines) is 1. The molecule has 0 spiro atoms. The average Bonchev–Trinajstić information content (AvgIpc) is 2.83. The smallest absolute Gasteiger partial charge is 0.221 e. The highest BCUT2D eigenvalue weighted by Crippen LogP contribution is 2.24. The second kappa shape index (κ2) is 6.39. The van der Waals surface area contributed by atoms with Gasteiger partial charge in [0.1, 0.15) is 0 Å². The molecule has 1 fully saturated rings. The number of hydrogen-bond donors (Lipinski definition) is 3. The van der Waals surface area contributed by atoms with Gasteiger partial charge in [-0.05, 0) is 18.3 Å². The minimum atomic E-state index is -0.140. The van der Waals surface area contributed by atoms with Gasteiger partial charge in [0.2, 0.25) is 4.77 Å². The van der Waals surface area contributed by atoms with Crippen molar-refractivity contribution < 1.29 is 10.0 Å². The van der Waals surface area contributed by atoms with E-state index in [-0.39, 0.29) is 6.10 Å². The quantitative estimate of drug-likeness (QED) is 0.716.